The van der Waals surface area contributed by atoms with Crippen LogP contribution < -0.4 is 5.32 Å². The minimum absolute atomic E-state index is 0.0224. The molecule has 0 heterocycles. The van der Waals surface area contributed by atoms with Crippen LogP contribution in [-0.4, -0.2) is 48.7 Å². The molecule has 0 aliphatic heterocycles. The number of hydrogen-bond donors (Lipinski definition) is 2. The Balaban J connectivity index is 3.44. The predicted molar refractivity (Wildman–Crippen MR) is 57.1 cm³/mol. The van der Waals surface area contributed by atoms with Crippen molar-refractivity contribution in [3.8, 4) is 0 Å². The molecule has 4 heteroatoms. The Morgan fingerprint density at radius 2 is 2.07 bits per heavy atom. The molecule has 1 amide bonds. The SMILES string of the molecule is CCCN(CCO)CCCNC(C)=O. The number of aliphatic hydroxyl groups excluding tert-OH is 1. The van der Waals surface area contributed by atoms with Crippen molar-refractivity contribution in [2.24, 2.45) is 0 Å². The monoisotopic (exact) mass is 202 g/mol. The first-order valence-electron chi connectivity index (χ1n) is 5.28. The summed E-state index contributed by atoms with van der Waals surface area (Å²) in [6.45, 7) is 7.26. The molecule has 0 saturated heterocycles. The van der Waals surface area contributed by atoms with E-state index in [1.54, 1.807) is 0 Å². The summed E-state index contributed by atoms with van der Waals surface area (Å²) in [6, 6.07) is 0. The van der Waals surface area contributed by atoms with E-state index in [0.29, 0.717) is 0 Å². The third kappa shape index (κ3) is 8.01. The van der Waals surface area contributed by atoms with Gasteiger partial charge in [0.25, 0.3) is 0 Å². The van der Waals surface area contributed by atoms with Crippen molar-refractivity contribution in [3.05, 3.63) is 0 Å². The lowest BCUT2D eigenvalue weighted by Crippen LogP contribution is -2.31. The number of hydrogen-bond acceptors (Lipinski definition) is 3. The minimum atomic E-state index is 0.0224. The van der Waals surface area contributed by atoms with Crippen LogP contribution in [0.1, 0.15) is 26.7 Å². The highest BCUT2D eigenvalue weighted by Crippen LogP contribution is 1.92. The van der Waals surface area contributed by atoms with Gasteiger partial charge in [-0.3, -0.25) is 4.79 Å². The zero-order valence-corrected chi connectivity index (χ0v) is 9.25. The van der Waals surface area contributed by atoms with E-state index in [4.69, 9.17) is 5.11 Å². The molecule has 84 valence electrons. The van der Waals surface area contributed by atoms with Gasteiger partial charge in [0.2, 0.25) is 5.91 Å². The van der Waals surface area contributed by atoms with Crippen LogP contribution >= 0.6 is 0 Å². The van der Waals surface area contributed by atoms with Crippen LogP contribution in [0.2, 0.25) is 0 Å². The fraction of sp³-hybridized carbons (Fsp3) is 0.900. The van der Waals surface area contributed by atoms with Gasteiger partial charge in [-0.15, -0.1) is 0 Å². The molecular weight excluding hydrogens is 180 g/mol. The zero-order chi connectivity index (χ0) is 10.8. The second-order valence-corrected chi connectivity index (χ2v) is 3.40. The summed E-state index contributed by atoms with van der Waals surface area (Å²) in [5, 5.41) is 11.6. The molecule has 0 bridgehead atoms. The minimum Gasteiger partial charge on any atom is -0.395 e. The molecular formula is C10H22N2O2. The molecule has 0 unspecified atom stereocenters. The molecule has 0 aromatic heterocycles. The van der Waals surface area contributed by atoms with Crippen LogP contribution in [0.5, 0.6) is 0 Å². The fourth-order valence-corrected chi connectivity index (χ4v) is 1.36. The second kappa shape index (κ2) is 8.97. The summed E-state index contributed by atoms with van der Waals surface area (Å²) >= 11 is 0. The van der Waals surface area contributed by atoms with Crippen molar-refractivity contribution < 1.29 is 9.90 Å². The van der Waals surface area contributed by atoms with Crippen LogP contribution in [0.15, 0.2) is 0 Å². The Labute approximate surface area is 86.3 Å². The third-order valence-electron chi connectivity index (χ3n) is 1.98. The Hall–Kier alpha value is -0.610. The number of aliphatic hydroxyl groups is 1. The van der Waals surface area contributed by atoms with Gasteiger partial charge in [-0.25, -0.2) is 0 Å². The van der Waals surface area contributed by atoms with Gasteiger partial charge in [0.15, 0.2) is 0 Å². The number of nitrogens with one attached hydrogen (secondary N) is 1. The maximum absolute atomic E-state index is 10.6. The van der Waals surface area contributed by atoms with Crippen molar-refractivity contribution in [1.29, 1.82) is 0 Å². The van der Waals surface area contributed by atoms with Gasteiger partial charge in [0.05, 0.1) is 6.61 Å². The number of carbonyl (C=O) groups is 1. The molecule has 0 aliphatic rings. The number of amides is 1. The number of nitrogens with zero attached hydrogens (tertiary/aromatic N) is 1. The van der Waals surface area contributed by atoms with Crippen LogP contribution in [0, 0.1) is 0 Å². The van der Waals surface area contributed by atoms with E-state index in [2.05, 4.69) is 17.1 Å². The molecule has 0 rings (SSSR count). The lowest BCUT2D eigenvalue weighted by atomic mass is 10.3. The van der Waals surface area contributed by atoms with Gasteiger partial charge >= 0.3 is 0 Å². The summed E-state index contributed by atoms with van der Waals surface area (Å²) in [6.07, 6.45) is 2.04. The fourth-order valence-electron chi connectivity index (χ4n) is 1.36. The number of carbonyl (C=O) groups excluding carboxylic acids is 1. The Bertz CT molecular complexity index is 145. The summed E-state index contributed by atoms with van der Waals surface area (Å²) in [5.74, 6) is 0.0224. The normalized spacial score (nSPS) is 10.6. The van der Waals surface area contributed by atoms with E-state index in [0.717, 1.165) is 39.0 Å². The van der Waals surface area contributed by atoms with E-state index in [9.17, 15) is 4.79 Å². The second-order valence-electron chi connectivity index (χ2n) is 3.40. The largest absolute Gasteiger partial charge is 0.395 e. The summed E-state index contributed by atoms with van der Waals surface area (Å²) in [4.78, 5) is 12.8. The zero-order valence-electron chi connectivity index (χ0n) is 9.25. The van der Waals surface area contributed by atoms with Crippen molar-refractivity contribution in [1.82, 2.24) is 10.2 Å². The highest BCUT2D eigenvalue weighted by atomic mass is 16.3. The van der Waals surface area contributed by atoms with Crippen molar-refractivity contribution in [2.75, 3.05) is 32.8 Å². The molecule has 0 aromatic carbocycles. The highest BCUT2D eigenvalue weighted by Gasteiger charge is 2.01. The van der Waals surface area contributed by atoms with Crippen LogP contribution in [0.25, 0.3) is 0 Å². The molecule has 0 fully saturated rings. The molecule has 0 radical (unpaired) electrons. The Morgan fingerprint density at radius 3 is 2.57 bits per heavy atom. The first-order chi connectivity index (χ1) is 6.70. The molecule has 0 aromatic rings. The van der Waals surface area contributed by atoms with Gasteiger partial charge < -0.3 is 15.3 Å². The van der Waals surface area contributed by atoms with Gasteiger partial charge in [-0.2, -0.15) is 0 Å². The molecule has 2 N–H and O–H groups in total. The molecule has 0 aliphatic carbocycles. The maximum Gasteiger partial charge on any atom is 0.216 e. The lowest BCUT2D eigenvalue weighted by molar-refractivity contribution is -0.118. The molecule has 4 nitrogen and oxygen atoms in total. The molecule has 0 spiro atoms. The van der Waals surface area contributed by atoms with Crippen molar-refractivity contribution in [3.63, 3.8) is 0 Å². The average molecular weight is 202 g/mol. The smallest absolute Gasteiger partial charge is 0.216 e. The lowest BCUT2D eigenvalue weighted by Gasteiger charge is -2.20. The first kappa shape index (κ1) is 13.4. The maximum atomic E-state index is 10.6. The highest BCUT2D eigenvalue weighted by molar-refractivity contribution is 5.72. The summed E-state index contributed by atoms with van der Waals surface area (Å²) < 4.78 is 0. The van der Waals surface area contributed by atoms with Gasteiger partial charge in [-0.05, 0) is 25.9 Å². The molecule has 0 atom stereocenters. The van der Waals surface area contributed by atoms with E-state index in [1.165, 1.54) is 6.92 Å². The first-order valence-corrected chi connectivity index (χ1v) is 5.28. The van der Waals surface area contributed by atoms with E-state index in [1.807, 2.05) is 0 Å². The van der Waals surface area contributed by atoms with Crippen LogP contribution in [0.3, 0.4) is 0 Å². The standard InChI is InChI=1S/C10H22N2O2/c1-3-6-12(8-9-13)7-4-5-11-10(2)14/h13H,3-9H2,1-2H3,(H,11,14). The summed E-state index contributed by atoms with van der Waals surface area (Å²) in [7, 11) is 0. The van der Waals surface area contributed by atoms with Gasteiger partial charge in [0, 0.05) is 20.0 Å². The Morgan fingerprint density at radius 1 is 1.36 bits per heavy atom. The van der Waals surface area contributed by atoms with E-state index >= 15 is 0 Å². The van der Waals surface area contributed by atoms with E-state index in [-0.39, 0.29) is 12.5 Å². The third-order valence-corrected chi connectivity index (χ3v) is 1.98. The van der Waals surface area contributed by atoms with E-state index < -0.39 is 0 Å². The van der Waals surface area contributed by atoms with Gasteiger partial charge in [0.1, 0.15) is 0 Å². The van der Waals surface area contributed by atoms with Gasteiger partial charge in [-0.1, -0.05) is 6.92 Å². The average Bonchev–Trinajstić information content (AvgIpc) is 2.12. The Kier molecular flexibility index (Phi) is 8.57. The van der Waals surface area contributed by atoms with Crippen molar-refractivity contribution >= 4 is 5.91 Å². The molecule has 14 heavy (non-hydrogen) atoms. The molecule has 0 saturated carbocycles. The summed E-state index contributed by atoms with van der Waals surface area (Å²) in [5.41, 5.74) is 0. The van der Waals surface area contributed by atoms with Crippen LogP contribution in [0.4, 0.5) is 0 Å². The number of rotatable bonds is 8. The predicted octanol–water partition coefficient (Wildman–Crippen LogP) is 0.217. The topological polar surface area (TPSA) is 52.6 Å². The van der Waals surface area contributed by atoms with Crippen LogP contribution in [-0.2, 0) is 4.79 Å². The quantitative estimate of drug-likeness (QED) is 0.553. The van der Waals surface area contributed by atoms with Crippen molar-refractivity contribution in [2.45, 2.75) is 26.7 Å².